The van der Waals surface area contributed by atoms with Crippen molar-refractivity contribution in [2.24, 2.45) is 5.92 Å². The highest BCUT2D eigenvalue weighted by Gasteiger charge is 2.27. The van der Waals surface area contributed by atoms with Gasteiger partial charge in [-0.05, 0) is 98.8 Å². The van der Waals surface area contributed by atoms with E-state index in [-0.39, 0.29) is 196 Å². The normalized spacial score (nSPS) is 11.2. The number of rotatable bonds is 54. The molecular formula is C106H113N11O16. The van der Waals surface area contributed by atoms with Gasteiger partial charge in [0, 0.05) is 122 Å². The molecule has 0 saturated carbocycles. The first-order chi connectivity index (χ1) is 65.2. The van der Waals surface area contributed by atoms with E-state index in [0.717, 1.165) is 50.1 Å². The number of nitrogens with one attached hydrogen (secondary N) is 4. The quantitative estimate of drug-likeness (QED) is 0.0175. The summed E-state index contributed by atoms with van der Waals surface area (Å²) in [5.41, 5.74) is 12.7. The molecule has 27 nitrogen and oxygen atoms in total. The second-order valence-electron chi connectivity index (χ2n) is 31.9. The van der Waals surface area contributed by atoms with Gasteiger partial charge in [-0.2, -0.15) is 0 Å². The zero-order chi connectivity index (χ0) is 92.4. The highest BCUT2D eigenvalue weighted by atomic mass is 16.5. The number of amides is 4. The monoisotopic (exact) mass is 1800 g/mol. The number of carbonyl (C=O) groups excluding carboxylic acids is 4. The van der Waals surface area contributed by atoms with E-state index >= 15 is 0 Å². The van der Waals surface area contributed by atoms with Crippen molar-refractivity contribution >= 4 is 29.3 Å². The maximum Gasteiger partial charge on any atom is 0.293 e. The number of carbonyl (C=O) groups is 4. The van der Waals surface area contributed by atoms with Gasteiger partial charge in [-0.25, -0.2) is 0 Å². The molecule has 13 rings (SSSR count). The zero-order valence-electron chi connectivity index (χ0n) is 74.5. The molecule has 4 heterocycles. The van der Waals surface area contributed by atoms with Crippen molar-refractivity contribution in [1.29, 1.82) is 0 Å². The van der Waals surface area contributed by atoms with Gasteiger partial charge in [-0.3, -0.25) is 48.2 Å². The molecule has 0 spiro atoms. The van der Waals surface area contributed by atoms with Crippen molar-refractivity contribution in [1.82, 2.24) is 49.3 Å². The lowest BCUT2D eigenvalue weighted by Gasteiger charge is -2.32. The van der Waals surface area contributed by atoms with E-state index in [1.54, 1.807) is 49.1 Å². The fraction of sp³-hybridized carbons (Fsp3) is 0.264. The largest absolute Gasteiger partial charge is 0.482 e. The Balaban J connectivity index is 0.797. The average Bonchev–Trinajstić information content (AvgIpc) is 0.822. The molecule has 13 aromatic rings. The minimum atomic E-state index is -0.588. The number of hydrogen-bond acceptors (Lipinski definition) is 19. The van der Waals surface area contributed by atoms with Gasteiger partial charge in [0.25, 0.3) is 45.9 Å². The van der Waals surface area contributed by atoms with Gasteiger partial charge < -0.3 is 83.2 Å². The summed E-state index contributed by atoms with van der Waals surface area (Å²) in [5.74, 6) is -3.32. The number of ether oxygens (including phenoxy) is 8. The molecule has 27 heteroatoms. The minimum Gasteiger partial charge on any atom is -0.482 e. The maximum atomic E-state index is 14.9. The number of nitrogen functional groups attached to an aromatic ring is 1. The summed E-state index contributed by atoms with van der Waals surface area (Å²) in [6, 6.07) is 89.7. The van der Waals surface area contributed by atoms with Crippen LogP contribution >= 0.6 is 0 Å². The molecule has 0 atom stereocenters. The Kier molecular flexibility index (Phi) is 37.3. The van der Waals surface area contributed by atoms with Crippen LogP contribution in [-0.4, -0.2) is 144 Å². The number of nitrogens with zero attached hydrogens (tertiary/aromatic N) is 6. The molecule has 0 aliphatic heterocycles. The summed E-state index contributed by atoms with van der Waals surface area (Å²) < 4.78 is 55.0. The lowest BCUT2D eigenvalue weighted by molar-refractivity contribution is 0.0929. The summed E-state index contributed by atoms with van der Waals surface area (Å²) in [6.07, 6.45) is 6.61. The Morgan fingerprint density at radius 1 is 0.271 bits per heavy atom. The van der Waals surface area contributed by atoms with Gasteiger partial charge in [0.2, 0.25) is 0 Å². The molecule has 133 heavy (non-hydrogen) atoms. The van der Waals surface area contributed by atoms with Gasteiger partial charge in [-0.1, -0.05) is 255 Å². The molecule has 688 valence electrons. The Bertz CT molecular complexity index is 5380. The van der Waals surface area contributed by atoms with Crippen molar-refractivity contribution in [2.75, 3.05) is 97.6 Å². The first kappa shape index (κ1) is 96.0. The second-order valence-corrected chi connectivity index (χ2v) is 31.9. The predicted molar refractivity (Wildman–Crippen MR) is 511 cm³/mol. The van der Waals surface area contributed by atoms with E-state index in [0.29, 0.717) is 38.5 Å². The van der Waals surface area contributed by atoms with Crippen LogP contribution in [0.5, 0.6) is 23.0 Å². The average molecular weight is 1800 g/mol. The molecule has 0 aliphatic rings. The number of nitrogens with two attached hydrogens (primary N) is 1. The molecule has 0 fully saturated rings. The lowest BCUT2D eigenvalue weighted by atomic mass is 9.97. The van der Waals surface area contributed by atoms with Crippen molar-refractivity contribution in [3.63, 3.8) is 0 Å². The van der Waals surface area contributed by atoms with E-state index in [1.807, 2.05) is 267 Å². The molecule has 9 aromatic carbocycles. The Hall–Kier alpha value is -14.6. The molecule has 0 bridgehead atoms. The Morgan fingerprint density at radius 3 is 0.699 bits per heavy atom. The molecule has 0 radical (unpaired) electrons. The molecule has 0 aliphatic carbocycles. The summed E-state index contributed by atoms with van der Waals surface area (Å²) in [5, 5.41) is 12.3. The molecule has 0 unspecified atom stereocenters. The number of aromatic nitrogens is 4. The Morgan fingerprint density at radius 2 is 0.481 bits per heavy atom. The van der Waals surface area contributed by atoms with Crippen LogP contribution in [0.3, 0.4) is 0 Å². The lowest BCUT2D eigenvalue weighted by Crippen LogP contribution is -2.46. The predicted octanol–water partition coefficient (Wildman–Crippen LogP) is 12.6. The van der Waals surface area contributed by atoms with Crippen LogP contribution in [0.25, 0.3) is 0 Å². The highest BCUT2D eigenvalue weighted by molar-refractivity contribution is 5.98. The molecule has 0 saturated heterocycles. The third kappa shape index (κ3) is 30.2. The first-order valence-electron chi connectivity index (χ1n) is 44.7. The smallest absolute Gasteiger partial charge is 0.293 e. The third-order valence-electron chi connectivity index (χ3n) is 22.1. The van der Waals surface area contributed by atoms with Gasteiger partial charge in [-0.15, -0.1) is 0 Å². The zero-order valence-corrected chi connectivity index (χ0v) is 74.5. The van der Waals surface area contributed by atoms with Crippen LogP contribution in [0.1, 0.15) is 91.5 Å². The van der Waals surface area contributed by atoms with Crippen LogP contribution in [0.4, 0.5) is 5.69 Å². The minimum absolute atomic E-state index is 0.00490. The summed E-state index contributed by atoms with van der Waals surface area (Å²) in [4.78, 5) is 122. The van der Waals surface area contributed by atoms with E-state index in [1.165, 1.54) is 18.3 Å². The fourth-order valence-electron chi connectivity index (χ4n) is 15.0. The van der Waals surface area contributed by atoms with Crippen LogP contribution < -0.4 is 68.2 Å². The third-order valence-corrected chi connectivity index (χ3v) is 22.1. The fourth-order valence-corrected chi connectivity index (χ4v) is 15.0. The summed E-state index contributed by atoms with van der Waals surface area (Å²) >= 11 is 0. The first-order valence-corrected chi connectivity index (χ1v) is 44.7. The highest BCUT2D eigenvalue weighted by Crippen LogP contribution is 2.23. The number of pyridine rings is 4. The summed E-state index contributed by atoms with van der Waals surface area (Å²) in [7, 11) is 0. The van der Waals surface area contributed by atoms with Crippen molar-refractivity contribution in [3.05, 3.63) is 430 Å². The van der Waals surface area contributed by atoms with Crippen LogP contribution in [0, 0.1) is 5.92 Å². The molecule has 4 aromatic heterocycles. The van der Waals surface area contributed by atoms with E-state index < -0.39 is 45.9 Å². The molecule has 4 amide bonds. The van der Waals surface area contributed by atoms with Crippen LogP contribution in [-0.2, 0) is 104 Å². The number of benzene rings is 9. The maximum absolute atomic E-state index is 14.9. The Labute approximate surface area is 773 Å². The van der Waals surface area contributed by atoms with Gasteiger partial charge >= 0.3 is 0 Å². The number of anilines is 1. The molecular weight excluding hydrogens is 1680 g/mol. The van der Waals surface area contributed by atoms with E-state index in [2.05, 4.69) is 31.1 Å². The van der Waals surface area contributed by atoms with E-state index in [9.17, 15) is 38.4 Å². The molecule has 6 N–H and O–H groups in total. The van der Waals surface area contributed by atoms with Crippen molar-refractivity contribution < 1.29 is 57.1 Å². The number of hydrogen-bond donors (Lipinski definition) is 5. The van der Waals surface area contributed by atoms with Gasteiger partial charge in [0.1, 0.15) is 26.4 Å². The van der Waals surface area contributed by atoms with E-state index in [4.69, 9.17) is 43.6 Å². The second kappa shape index (κ2) is 51.7. The van der Waals surface area contributed by atoms with Crippen LogP contribution in [0.15, 0.2) is 335 Å². The SMILES string of the molecule is Nc1ccc(CC(CN(CCNC(=O)c2ccn(CCOCc3ccccc3)c(=O)c2OCc2ccccc2)CCNC(=O)c2ccn(CCOCc3ccccc3)c(=O)c2OCc2ccccc2)CN(CCNC(=O)c2ccn(CCOCc3ccccc3)c(=O)c2OCc2ccccc2)CCNC(=O)c2ccn(CCOCc3ccccc3)c(=O)c2OCc2ccccc2)cc1. The van der Waals surface area contributed by atoms with Gasteiger partial charge in [0.05, 0.1) is 75.1 Å². The topological polar surface area (TPSA) is 311 Å². The van der Waals surface area contributed by atoms with Gasteiger partial charge in [0.15, 0.2) is 23.0 Å². The van der Waals surface area contributed by atoms with Crippen molar-refractivity contribution in [2.45, 2.75) is 85.5 Å². The standard InChI is InChI=1S/C106H113N11O16/c107-90-43-41-80(42-44-90)69-89(70-112(57-49-108-99(118)91-45-53-114(61-65-126-72-81-25-9-1-10-26-81)103(122)95(91)130-76-85-33-17-5-18-34-85)58-50-109-100(119)92-46-54-115(62-66-127-73-82-27-11-2-12-28-82)104(123)96(92)131-77-86-35-19-6-20-36-86)71-113(59-51-110-101(120)93-47-55-116(63-67-128-74-83-29-13-3-14-30-83)105(124)97(93)132-78-87-37-21-7-22-38-87)60-52-111-102(121)94-48-56-117(64-68-129-75-84-31-15-4-16-32-84)106(125)98(94)133-79-88-39-23-8-24-40-88/h1-48,53-56,89H,49-52,57-79,107H2,(H,108,118)(H,109,119)(H,110,120)(H,111,121). The summed E-state index contributed by atoms with van der Waals surface area (Å²) in [6.45, 7) is 3.95. The van der Waals surface area contributed by atoms with Crippen LogP contribution in [0.2, 0.25) is 0 Å². The van der Waals surface area contributed by atoms with Crippen molar-refractivity contribution in [3.8, 4) is 23.0 Å².